The van der Waals surface area contributed by atoms with Crippen molar-refractivity contribution in [2.24, 2.45) is 0 Å². The van der Waals surface area contributed by atoms with Gasteiger partial charge in [0, 0.05) is 0 Å². The molecule has 1 aromatic carbocycles. The Bertz CT molecular complexity index is 383. The van der Waals surface area contributed by atoms with Gasteiger partial charge in [-0.05, 0) is 19.4 Å². The van der Waals surface area contributed by atoms with Crippen LogP contribution in [0.2, 0.25) is 0 Å². The molecule has 0 saturated carbocycles. The Hall–Kier alpha value is -0.910. The molecule has 1 aromatic rings. The van der Waals surface area contributed by atoms with Gasteiger partial charge in [-0.2, -0.15) is 8.42 Å². The van der Waals surface area contributed by atoms with Crippen molar-refractivity contribution in [2.75, 3.05) is 0 Å². The predicted molar refractivity (Wildman–Crippen MR) is 56.4 cm³/mol. The molecule has 0 spiro atoms. The van der Waals surface area contributed by atoms with Crippen molar-refractivity contribution < 1.29 is 16.8 Å². The lowest BCUT2D eigenvalue weighted by Gasteiger charge is -2.08. The molecule has 0 unspecified atom stereocenters. The van der Waals surface area contributed by atoms with E-state index in [4.69, 9.17) is 0 Å². The van der Waals surface area contributed by atoms with Crippen molar-refractivity contribution >= 4 is 10.4 Å². The molecule has 0 aromatic heterocycles. The molecule has 0 heterocycles. The van der Waals surface area contributed by atoms with Gasteiger partial charge in [-0.1, -0.05) is 30.3 Å². The largest absolute Gasteiger partial charge is 0.400 e. The molecule has 0 N–H and O–H groups in total. The van der Waals surface area contributed by atoms with Crippen LogP contribution in [0.5, 0.6) is 0 Å². The molecule has 0 aliphatic carbocycles. The second kappa shape index (κ2) is 5.25. The average molecular weight is 230 g/mol. The number of hydrogen-bond donors (Lipinski definition) is 0. The molecule has 0 aliphatic heterocycles. The van der Waals surface area contributed by atoms with Crippen molar-refractivity contribution in [3.63, 3.8) is 0 Å². The Labute approximate surface area is 90.2 Å². The molecule has 0 amide bonds. The van der Waals surface area contributed by atoms with Crippen molar-refractivity contribution in [1.82, 2.24) is 0 Å². The summed E-state index contributed by atoms with van der Waals surface area (Å²) in [6.45, 7) is 3.25. The van der Waals surface area contributed by atoms with Crippen LogP contribution in [0, 0.1) is 0 Å². The van der Waals surface area contributed by atoms with Crippen LogP contribution in [0.25, 0.3) is 0 Å². The van der Waals surface area contributed by atoms with Gasteiger partial charge in [0.1, 0.15) is 0 Å². The van der Waals surface area contributed by atoms with Crippen molar-refractivity contribution in [1.29, 1.82) is 0 Å². The van der Waals surface area contributed by atoms with E-state index in [1.54, 1.807) is 26.0 Å². The van der Waals surface area contributed by atoms with E-state index in [0.717, 1.165) is 5.56 Å². The van der Waals surface area contributed by atoms with Crippen LogP contribution >= 0.6 is 0 Å². The third-order valence-corrected chi connectivity index (χ3v) is 2.55. The van der Waals surface area contributed by atoms with Crippen LogP contribution in [0.3, 0.4) is 0 Å². The highest BCUT2D eigenvalue weighted by Gasteiger charge is 2.13. The summed E-state index contributed by atoms with van der Waals surface area (Å²) in [7, 11) is -3.88. The van der Waals surface area contributed by atoms with Gasteiger partial charge < -0.3 is 0 Å². The smallest absolute Gasteiger partial charge is 0.245 e. The molecule has 0 saturated heterocycles. The van der Waals surface area contributed by atoms with Crippen LogP contribution in [-0.2, 0) is 25.4 Å². The first-order valence-corrected chi connectivity index (χ1v) is 5.94. The fourth-order valence-electron chi connectivity index (χ4n) is 0.978. The normalized spacial score (nSPS) is 11.9. The maximum atomic E-state index is 11.2. The van der Waals surface area contributed by atoms with Gasteiger partial charge in [0.25, 0.3) is 0 Å². The van der Waals surface area contributed by atoms with Crippen LogP contribution in [0.15, 0.2) is 30.3 Å². The molecule has 4 nitrogen and oxygen atoms in total. The highest BCUT2D eigenvalue weighted by atomic mass is 32.3. The summed E-state index contributed by atoms with van der Waals surface area (Å²) in [6, 6.07) is 9.04. The summed E-state index contributed by atoms with van der Waals surface area (Å²) in [5.41, 5.74) is 0.786. The van der Waals surface area contributed by atoms with E-state index >= 15 is 0 Å². The summed E-state index contributed by atoms with van der Waals surface area (Å²) >= 11 is 0. The Kier molecular flexibility index (Phi) is 4.26. The summed E-state index contributed by atoms with van der Waals surface area (Å²) in [4.78, 5) is 0. The first kappa shape index (κ1) is 12.2. The van der Waals surface area contributed by atoms with E-state index in [1.807, 2.05) is 18.2 Å². The Morgan fingerprint density at radius 2 is 1.80 bits per heavy atom. The van der Waals surface area contributed by atoms with Crippen LogP contribution < -0.4 is 0 Å². The summed E-state index contributed by atoms with van der Waals surface area (Å²) in [5, 5.41) is 0. The zero-order chi connectivity index (χ0) is 11.3. The molecule has 0 aliphatic rings. The van der Waals surface area contributed by atoms with Gasteiger partial charge in [0.15, 0.2) is 0 Å². The monoisotopic (exact) mass is 230 g/mol. The third kappa shape index (κ3) is 4.92. The lowest BCUT2D eigenvalue weighted by Crippen LogP contribution is -2.15. The van der Waals surface area contributed by atoms with E-state index in [0.29, 0.717) is 0 Å². The summed E-state index contributed by atoms with van der Waals surface area (Å²) in [6.07, 6.45) is -0.411. The van der Waals surface area contributed by atoms with E-state index in [2.05, 4.69) is 8.37 Å². The second-order valence-electron chi connectivity index (χ2n) is 3.30. The molecule has 5 heteroatoms. The Morgan fingerprint density at radius 3 is 2.33 bits per heavy atom. The molecule has 0 atom stereocenters. The molecular formula is C10H14O4S. The maximum absolute atomic E-state index is 11.2. The van der Waals surface area contributed by atoms with E-state index in [-0.39, 0.29) is 6.61 Å². The van der Waals surface area contributed by atoms with Crippen molar-refractivity contribution in [3.8, 4) is 0 Å². The van der Waals surface area contributed by atoms with E-state index < -0.39 is 16.5 Å². The molecular weight excluding hydrogens is 216 g/mol. The maximum Gasteiger partial charge on any atom is 0.400 e. The molecule has 0 radical (unpaired) electrons. The zero-order valence-corrected chi connectivity index (χ0v) is 9.53. The SMILES string of the molecule is CC(C)OS(=O)(=O)OCc1ccccc1. The molecule has 0 bridgehead atoms. The van der Waals surface area contributed by atoms with Crippen molar-refractivity contribution in [3.05, 3.63) is 35.9 Å². The Balaban J connectivity index is 2.50. The Morgan fingerprint density at radius 1 is 1.20 bits per heavy atom. The molecule has 84 valence electrons. The number of hydrogen-bond acceptors (Lipinski definition) is 4. The van der Waals surface area contributed by atoms with E-state index in [1.165, 1.54) is 0 Å². The first-order chi connectivity index (χ1) is 6.99. The average Bonchev–Trinajstić information content (AvgIpc) is 2.15. The number of rotatable bonds is 5. The quantitative estimate of drug-likeness (QED) is 0.775. The van der Waals surface area contributed by atoms with Gasteiger partial charge in [-0.25, -0.2) is 8.37 Å². The standard InChI is InChI=1S/C10H14O4S/c1-9(2)14-15(11,12)13-8-10-6-4-3-5-7-10/h3-7,9H,8H2,1-2H3. The van der Waals surface area contributed by atoms with Crippen LogP contribution in [0.4, 0.5) is 0 Å². The van der Waals surface area contributed by atoms with E-state index in [9.17, 15) is 8.42 Å². The number of benzene rings is 1. The first-order valence-electron chi connectivity index (χ1n) is 4.61. The molecule has 1 rings (SSSR count). The minimum atomic E-state index is -3.88. The fraction of sp³-hybridized carbons (Fsp3) is 0.400. The van der Waals surface area contributed by atoms with Gasteiger partial charge in [-0.15, -0.1) is 0 Å². The van der Waals surface area contributed by atoms with Gasteiger partial charge in [0.2, 0.25) is 0 Å². The molecule has 15 heavy (non-hydrogen) atoms. The third-order valence-electron chi connectivity index (χ3n) is 1.52. The van der Waals surface area contributed by atoms with Gasteiger partial charge >= 0.3 is 10.4 Å². The molecule has 0 fully saturated rings. The lowest BCUT2D eigenvalue weighted by atomic mass is 10.2. The minimum Gasteiger partial charge on any atom is -0.245 e. The van der Waals surface area contributed by atoms with Gasteiger partial charge in [-0.3, -0.25) is 0 Å². The van der Waals surface area contributed by atoms with Crippen LogP contribution in [0.1, 0.15) is 19.4 Å². The second-order valence-corrected chi connectivity index (χ2v) is 4.55. The van der Waals surface area contributed by atoms with Crippen molar-refractivity contribution in [2.45, 2.75) is 26.6 Å². The summed E-state index contributed by atoms with van der Waals surface area (Å²) in [5.74, 6) is 0. The predicted octanol–water partition coefficient (Wildman–Crippen LogP) is 1.87. The fourth-order valence-corrected chi connectivity index (χ4v) is 1.79. The lowest BCUT2D eigenvalue weighted by molar-refractivity contribution is 0.174. The topological polar surface area (TPSA) is 52.6 Å². The highest BCUT2D eigenvalue weighted by molar-refractivity contribution is 7.81. The highest BCUT2D eigenvalue weighted by Crippen LogP contribution is 2.07. The van der Waals surface area contributed by atoms with Crippen LogP contribution in [-0.4, -0.2) is 14.5 Å². The minimum absolute atomic E-state index is 0.00407. The van der Waals surface area contributed by atoms with Gasteiger partial charge in [0.05, 0.1) is 12.7 Å². The zero-order valence-electron chi connectivity index (χ0n) is 8.71. The summed E-state index contributed by atoms with van der Waals surface area (Å²) < 4.78 is 31.6.